The lowest BCUT2D eigenvalue weighted by Gasteiger charge is -2.35. The van der Waals surface area contributed by atoms with Crippen LogP contribution in [-0.4, -0.2) is 18.1 Å². The lowest BCUT2D eigenvalue weighted by Crippen LogP contribution is -2.38. The van der Waals surface area contributed by atoms with Crippen molar-refractivity contribution >= 4 is 16.5 Å². The largest absolute Gasteiger partial charge is 0.348 e. The molecule has 0 radical (unpaired) electrons. The molecule has 0 saturated carbocycles. The van der Waals surface area contributed by atoms with Crippen molar-refractivity contribution < 1.29 is 0 Å². The van der Waals surface area contributed by atoms with Gasteiger partial charge in [-0.3, -0.25) is 0 Å². The Morgan fingerprint density at radius 1 is 1.50 bits per heavy atom. The van der Waals surface area contributed by atoms with Crippen molar-refractivity contribution in [3.63, 3.8) is 0 Å². The number of aromatic nitrogens is 1. The number of anilines is 1. The van der Waals surface area contributed by atoms with Gasteiger partial charge in [0.05, 0.1) is 5.69 Å². The summed E-state index contributed by atoms with van der Waals surface area (Å²) in [5, 5.41) is 3.23. The maximum Gasteiger partial charge on any atom is 0.185 e. The van der Waals surface area contributed by atoms with Crippen LogP contribution in [0.4, 0.5) is 5.13 Å². The molecule has 0 aliphatic carbocycles. The summed E-state index contributed by atoms with van der Waals surface area (Å²) < 4.78 is 0. The molecule has 3 nitrogen and oxygen atoms in total. The molecule has 1 aromatic heterocycles. The zero-order chi connectivity index (χ0) is 11.7. The molecule has 2 rings (SSSR count). The van der Waals surface area contributed by atoms with E-state index in [2.05, 4.69) is 29.1 Å². The Morgan fingerprint density at radius 2 is 2.25 bits per heavy atom. The Kier molecular flexibility index (Phi) is 3.50. The van der Waals surface area contributed by atoms with E-state index >= 15 is 0 Å². The molecule has 90 valence electrons. The first-order valence-corrected chi connectivity index (χ1v) is 6.92. The summed E-state index contributed by atoms with van der Waals surface area (Å²) in [6.45, 7) is 8.93. The number of thiazole rings is 1. The summed E-state index contributed by atoms with van der Waals surface area (Å²) in [6, 6.07) is 0.0473. The fourth-order valence-corrected chi connectivity index (χ4v) is 3.03. The Hall–Kier alpha value is -0.610. The molecule has 1 saturated heterocycles. The van der Waals surface area contributed by atoms with Gasteiger partial charge < -0.3 is 10.6 Å². The second-order valence-electron chi connectivity index (χ2n) is 5.03. The minimum Gasteiger partial charge on any atom is -0.348 e. The fourth-order valence-electron chi connectivity index (χ4n) is 2.07. The monoisotopic (exact) mass is 239 g/mol. The molecule has 4 heteroatoms. The van der Waals surface area contributed by atoms with Crippen LogP contribution in [0.2, 0.25) is 0 Å². The van der Waals surface area contributed by atoms with E-state index in [1.807, 2.05) is 6.92 Å². The maximum atomic E-state index is 5.83. The highest BCUT2D eigenvalue weighted by Gasteiger charge is 2.24. The highest BCUT2D eigenvalue weighted by atomic mass is 32.1. The van der Waals surface area contributed by atoms with Crippen molar-refractivity contribution in [3.8, 4) is 0 Å². The normalized spacial score (nSPS) is 28.1. The van der Waals surface area contributed by atoms with Gasteiger partial charge in [-0.25, -0.2) is 4.98 Å². The summed E-state index contributed by atoms with van der Waals surface area (Å²) in [5.74, 6) is 1.60. The van der Waals surface area contributed by atoms with Crippen molar-refractivity contribution in [1.82, 2.24) is 4.98 Å². The Labute approximate surface area is 102 Å². The van der Waals surface area contributed by atoms with Crippen LogP contribution in [0.15, 0.2) is 5.38 Å². The van der Waals surface area contributed by atoms with Crippen LogP contribution in [-0.2, 0) is 0 Å². The summed E-state index contributed by atoms with van der Waals surface area (Å²) in [6.07, 6.45) is 1.27. The average molecular weight is 239 g/mol. The van der Waals surface area contributed by atoms with Crippen molar-refractivity contribution in [3.05, 3.63) is 11.1 Å². The minimum atomic E-state index is 0.0473. The number of hydrogen-bond acceptors (Lipinski definition) is 4. The number of nitrogens with zero attached hydrogens (tertiary/aromatic N) is 2. The van der Waals surface area contributed by atoms with Gasteiger partial charge in [-0.15, -0.1) is 11.3 Å². The topological polar surface area (TPSA) is 42.1 Å². The van der Waals surface area contributed by atoms with E-state index in [9.17, 15) is 0 Å². The number of rotatable bonds is 2. The third-order valence-corrected chi connectivity index (χ3v) is 4.50. The molecule has 0 spiro atoms. The Morgan fingerprint density at radius 3 is 2.81 bits per heavy atom. The maximum absolute atomic E-state index is 5.83. The second-order valence-corrected chi connectivity index (χ2v) is 5.87. The van der Waals surface area contributed by atoms with E-state index in [-0.39, 0.29) is 6.04 Å². The van der Waals surface area contributed by atoms with Crippen LogP contribution in [0, 0.1) is 11.8 Å². The van der Waals surface area contributed by atoms with Crippen molar-refractivity contribution in [2.75, 3.05) is 18.0 Å². The van der Waals surface area contributed by atoms with Gasteiger partial charge in [0.25, 0.3) is 0 Å². The molecular weight excluding hydrogens is 218 g/mol. The second kappa shape index (κ2) is 4.72. The molecule has 1 fully saturated rings. The van der Waals surface area contributed by atoms with Crippen LogP contribution in [0.25, 0.3) is 0 Å². The quantitative estimate of drug-likeness (QED) is 0.862. The van der Waals surface area contributed by atoms with E-state index in [1.165, 1.54) is 6.42 Å². The van der Waals surface area contributed by atoms with Crippen LogP contribution in [0.3, 0.4) is 0 Å². The van der Waals surface area contributed by atoms with E-state index in [1.54, 1.807) is 11.3 Å². The highest BCUT2D eigenvalue weighted by molar-refractivity contribution is 7.13. The highest BCUT2D eigenvalue weighted by Crippen LogP contribution is 2.29. The summed E-state index contributed by atoms with van der Waals surface area (Å²) in [5.41, 5.74) is 6.85. The number of piperidine rings is 1. The van der Waals surface area contributed by atoms with Crippen LogP contribution in [0.1, 0.15) is 38.9 Å². The van der Waals surface area contributed by atoms with E-state index in [0.29, 0.717) is 0 Å². The third-order valence-electron chi connectivity index (χ3n) is 3.58. The van der Waals surface area contributed by atoms with E-state index in [4.69, 9.17) is 5.73 Å². The molecule has 1 aromatic rings. The molecule has 1 aliphatic rings. The zero-order valence-corrected chi connectivity index (χ0v) is 11.1. The SMILES string of the molecule is CC(N)c1csc(N2CCC(C)C(C)C2)n1. The molecule has 16 heavy (non-hydrogen) atoms. The molecule has 2 N–H and O–H groups in total. The molecule has 2 heterocycles. The molecular formula is C12H21N3S. The summed E-state index contributed by atoms with van der Waals surface area (Å²) in [7, 11) is 0. The van der Waals surface area contributed by atoms with Crippen LogP contribution in [0.5, 0.6) is 0 Å². The minimum absolute atomic E-state index is 0.0473. The standard InChI is InChI=1S/C12H21N3S/c1-8-4-5-15(6-9(8)2)12-14-11(7-16-12)10(3)13/h7-10H,4-6,13H2,1-3H3. The smallest absolute Gasteiger partial charge is 0.185 e. The van der Waals surface area contributed by atoms with Crippen LogP contribution < -0.4 is 10.6 Å². The first-order chi connectivity index (χ1) is 7.58. The number of nitrogens with two attached hydrogens (primary N) is 1. The molecule has 3 atom stereocenters. The average Bonchev–Trinajstić information content (AvgIpc) is 2.71. The van der Waals surface area contributed by atoms with Gasteiger partial charge in [-0.05, 0) is 25.2 Å². The Bertz CT molecular complexity index is 348. The van der Waals surface area contributed by atoms with Gasteiger partial charge in [0.1, 0.15) is 0 Å². The number of hydrogen-bond donors (Lipinski definition) is 1. The molecule has 0 aromatic carbocycles. The summed E-state index contributed by atoms with van der Waals surface area (Å²) >= 11 is 1.72. The van der Waals surface area contributed by atoms with Gasteiger partial charge in [0, 0.05) is 24.5 Å². The lowest BCUT2D eigenvalue weighted by molar-refractivity contribution is 0.323. The van der Waals surface area contributed by atoms with Crippen LogP contribution >= 0.6 is 11.3 Å². The lowest BCUT2D eigenvalue weighted by atomic mass is 9.89. The van der Waals surface area contributed by atoms with Gasteiger partial charge in [-0.2, -0.15) is 0 Å². The molecule has 3 unspecified atom stereocenters. The van der Waals surface area contributed by atoms with Crippen molar-refractivity contribution in [1.29, 1.82) is 0 Å². The molecule has 0 amide bonds. The van der Waals surface area contributed by atoms with Crippen molar-refractivity contribution in [2.24, 2.45) is 17.6 Å². The van der Waals surface area contributed by atoms with E-state index < -0.39 is 0 Å². The fraction of sp³-hybridized carbons (Fsp3) is 0.750. The molecule has 1 aliphatic heterocycles. The predicted octanol–water partition coefficient (Wildman–Crippen LogP) is 2.65. The van der Waals surface area contributed by atoms with Gasteiger partial charge >= 0.3 is 0 Å². The first kappa shape index (κ1) is 11.9. The van der Waals surface area contributed by atoms with E-state index in [0.717, 1.165) is 35.8 Å². The molecule has 0 bridgehead atoms. The summed E-state index contributed by atoms with van der Waals surface area (Å²) in [4.78, 5) is 7.02. The zero-order valence-electron chi connectivity index (χ0n) is 10.3. The van der Waals surface area contributed by atoms with Gasteiger partial charge in [-0.1, -0.05) is 13.8 Å². The van der Waals surface area contributed by atoms with Gasteiger partial charge in [0.2, 0.25) is 0 Å². The third kappa shape index (κ3) is 2.38. The predicted molar refractivity (Wildman–Crippen MR) is 69.9 cm³/mol. The first-order valence-electron chi connectivity index (χ1n) is 6.04. The Balaban J connectivity index is 2.07. The van der Waals surface area contributed by atoms with Gasteiger partial charge in [0.15, 0.2) is 5.13 Å². The van der Waals surface area contributed by atoms with Crippen molar-refractivity contribution in [2.45, 2.75) is 33.2 Å².